The Morgan fingerprint density at radius 1 is 1.14 bits per heavy atom. The van der Waals surface area contributed by atoms with Crippen molar-refractivity contribution in [3.05, 3.63) is 59.4 Å². The van der Waals surface area contributed by atoms with Crippen molar-refractivity contribution in [1.29, 1.82) is 0 Å². The van der Waals surface area contributed by atoms with Crippen LogP contribution in [0.4, 0.5) is 4.39 Å². The van der Waals surface area contributed by atoms with Crippen LogP contribution in [0.2, 0.25) is 0 Å². The highest BCUT2D eigenvalue weighted by molar-refractivity contribution is 7.91. The highest BCUT2D eigenvalue weighted by Gasteiger charge is 2.23. The van der Waals surface area contributed by atoms with Crippen molar-refractivity contribution < 1.29 is 12.8 Å². The van der Waals surface area contributed by atoms with Crippen molar-refractivity contribution in [2.24, 2.45) is 5.73 Å². The zero-order valence-electron chi connectivity index (χ0n) is 12.1. The molecule has 0 amide bonds. The fraction of sp³-hybridized carbons (Fsp3) is 0.294. The Labute approximate surface area is 129 Å². The zero-order chi connectivity index (χ0) is 15.7. The summed E-state index contributed by atoms with van der Waals surface area (Å²) in [6, 6.07) is 10.3. The molecular formula is C17H18FNO2S. The van der Waals surface area contributed by atoms with Gasteiger partial charge < -0.3 is 5.73 Å². The van der Waals surface area contributed by atoms with E-state index in [1.54, 1.807) is 12.1 Å². The molecule has 0 saturated carbocycles. The van der Waals surface area contributed by atoms with Crippen molar-refractivity contribution in [3.8, 4) is 0 Å². The van der Waals surface area contributed by atoms with Crippen molar-refractivity contribution in [1.82, 2.24) is 0 Å². The van der Waals surface area contributed by atoms with Crippen molar-refractivity contribution in [3.63, 3.8) is 0 Å². The average Bonchev–Trinajstić information content (AvgIpc) is 2.53. The monoisotopic (exact) mass is 319 g/mol. The maximum absolute atomic E-state index is 13.3. The topological polar surface area (TPSA) is 60.2 Å². The van der Waals surface area contributed by atoms with Crippen LogP contribution in [0, 0.1) is 5.82 Å². The van der Waals surface area contributed by atoms with Crippen molar-refractivity contribution >= 4 is 9.84 Å². The summed E-state index contributed by atoms with van der Waals surface area (Å²) < 4.78 is 38.6. The summed E-state index contributed by atoms with van der Waals surface area (Å²) >= 11 is 0. The molecule has 1 aliphatic carbocycles. The Kier molecular flexibility index (Phi) is 4.02. The van der Waals surface area contributed by atoms with Gasteiger partial charge in [0.05, 0.1) is 9.79 Å². The first kappa shape index (κ1) is 15.2. The van der Waals surface area contributed by atoms with E-state index < -0.39 is 15.7 Å². The van der Waals surface area contributed by atoms with E-state index in [1.807, 2.05) is 6.07 Å². The van der Waals surface area contributed by atoms with Gasteiger partial charge in [0.15, 0.2) is 0 Å². The van der Waals surface area contributed by atoms with Gasteiger partial charge in [-0.05, 0) is 73.2 Å². The maximum atomic E-state index is 13.3. The Balaban J connectivity index is 2.06. The predicted octanol–water partition coefficient (Wildman–Crippen LogP) is 3.04. The van der Waals surface area contributed by atoms with Crippen LogP contribution in [0.1, 0.15) is 29.9 Å². The third kappa shape index (κ3) is 2.66. The van der Waals surface area contributed by atoms with Gasteiger partial charge in [-0.1, -0.05) is 12.1 Å². The molecule has 22 heavy (non-hydrogen) atoms. The van der Waals surface area contributed by atoms with Gasteiger partial charge in [0.1, 0.15) is 5.82 Å². The van der Waals surface area contributed by atoms with Gasteiger partial charge in [-0.2, -0.15) is 0 Å². The van der Waals surface area contributed by atoms with E-state index >= 15 is 0 Å². The van der Waals surface area contributed by atoms with Crippen LogP contribution in [0.15, 0.2) is 52.3 Å². The van der Waals surface area contributed by atoms with Gasteiger partial charge in [0, 0.05) is 0 Å². The number of fused-ring (bicyclic) bond motifs is 1. The number of rotatable bonds is 3. The number of sulfone groups is 1. The number of hydrogen-bond donors (Lipinski definition) is 1. The Bertz CT molecular complexity index is 802. The first-order valence-corrected chi connectivity index (χ1v) is 8.84. The Morgan fingerprint density at radius 3 is 2.64 bits per heavy atom. The molecule has 0 bridgehead atoms. The summed E-state index contributed by atoms with van der Waals surface area (Å²) in [4.78, 5) is 0.202. The molecule has 0 radical (unpaired) electrons. The quantitative estimate of drug-likeness (QED) is 0.946. The normalized spacial score (nSPS) is 18.0. The standard InChI is InChI=1S/C17H18FNO2S/c18-14-5-2-6-15(10-14)22(20,21)16-7-8-17-12(9-16)3-1-4-13(17)11-19/h2,5-10,13H,1,3-4,11,19H2. The molecule has 2 N–H and O–H groups in total. The van der Waals surface area contributed by atoms with Gasteiger partial charge in [-0.25, -0.2) is 12.8 Å². The van der Waals surface area contributed by atoms with Crippen LogP contribution < -0.4 is 5.73 Å². The lowest BCUT2D eigenvalue weighted by atomic mass is 9.83. The first-order chi connectivity index (χ1) is 10.5. The average molecular weight is 319 g/mol. The summed E-state index contributed by atoms with van der Waals surface area (Å²) in [6.07, 6.45) is 2.91. The highest BCUT2D eigenvalue weighted by atomic mass is 32.2. The molecular weight excluding hydrogens is 301 g/mol. The molecule has 0 spiro atoms. The van der Waals surface area contributed by atoms with Crippen LogP contribution >= 0.6 is 0 Å². The molecule has 0 aliphatic heterocycles. The van der Waals surface area contributed by atoms with Gasteiger partial charge in [-0.3, -0.25) is 0 Å². The minimum Gasteiger partial charge on any atom is -0.330 e. The number of nitrogens with two attached hydrogens (primary N) is 1. The number of aryl methyl sites for hydroxylation is 1. The summed E-state index contributed by atoms with van der Waals surface area (Å²) in [5.41, 5.74) is 7.98. The molecule has 1 aliphatic rings. The third-order valence-electron chi connectivity index (χ3n) is 4.25. The van der Waals surface area contributed by atoms with Crippen molar-refractivity contribution in [2.45, 2.75) is 35.0 Å². The molecule has 0 aromatic heterocycles. The lowest BCUT2D eigenvalue weighted by molar-refractivity contribution is 0.558. The summed E-state index contributed by atoms with van der Waals surface area (Å²) in [5.74, 6) is -0.253. The summed E-state index contributed by atoms with van der Waals surface area (Å²) in [5, 5.41) is 0. The van der Waals surface area contributed by atoms with E-state index in [2.05, 4.69) is 0 Å². The van der Waals surface area contributed by atoms with E-state index in [-0.39, 0.29) is 9.79 Å². The molecule has 0 saturated heterocycles. The third-order valence-corrected chi connectivity index (χ3v) is 6.00. The van der Waals surface area contributed by atoms with E-state index in [0.717, 1.165) is 36.5 Å². The molecule has 116 valence electrons. The summed E-state index contributed by atoms with van der Waals surface area (Å²) in [7, 11) is -3.69. The molecule has 0 heterocycles. The van der Waals surface area contributed by atoms with E-state index in [9.17, 15) is 12.8 Å². The Morgan fingerprint density at radius 2 is 1.91 bits per heavy atom. The molecule has 2 aromatic carbocycles. The number of halogens is 1. The highest BCUT2D eigenvalue weighted by Crippen LogP contribution is 2.33. The zero-order valence-corrected chi connectivity index (χ0v) is 12.9. The minimum atomic E-state index is -3.69. The molecule has 3 nitrogen and oxygen atoms in total. The fourth-order valence-electron chi connectivity index (χ4n) is 3.07. The van der Waals surface area contributed by atoms with Gasteiger partial charge in [0.2, 0.25) is 9.84 Å². The second kappa shape index (κ2) is 5.82. The number of hydrogen-bond acceptors (Lipinski definition) is 3. The second-order valence-electron chi connectivity index (χ2n) is 5.65. The van der Waals surface area contributed by atoms with Gasteiger partial charge >= 0.3 is 0 Å². The van der Waals surface area contributed by atoms with Crippen LogP contribution in [0.25, 0.3) is 0 Å². The van der Waals surface area contributed by atoms with Crippen LogP contribution in [0.5, 0.6) is 0 Å². The molecule has 1 atom stereocenters. The van der Waals surface area contributed by atoms with Gasteiger partial charge in [0.25, 0.3) is 0 Å². The van der Waals surface area contributed by atoms with E-state index in [4.69, 9.17) is 5.73 Å². The predicted molar refractivity (Wildman–Crippen MR) is 83.0 cm³/mol. The van der Waals surface area contributed by atoms with Gasteiger partial charge in [-0.15, -0.1) is 0 Å². The molecule has 1 unspecified atom stereocenters. The van der Waals surface area contributed by atoms with Crippen molar-refractivity contribution in [2.75, 3.05) is 6.54 Å². The first-order valence-electron chi connectivity index (χ1n) is 7.36. The molecule has 2 aromatic rings. The van der Waals surface area contributed by atoms with Crippen LogP contribution in [0.3, 0.4) is 0 Å². The minimum absolute atomic E-state index is 0.0152. The van der Waals surface area contributed by atoms with Crippen LogP contribution in [-0.4, -0.2) is 15.0 Å². The largest absolute Gasteiger partial charge is 0.330 e. The smallest absolute Gasteiger partial charge is 0.206 e. The maximum Gasteiger partial charge on any atom is 0.206 e. The fourth-order valence-corrected chi connectivity index (χ4v) is 4.42. The van der Waals surface area contributed by atoms with E-state index in [1.165, 1.54) is 18.2 Å². The molecule has 3 rings (SSSR count). The Hall–Kier alpha value is -1.72. The SMILES string of the molecule is NCC1CCCc2cc(S(=O)(=O)c3cccc(F)c3)ccc21. The number of benzene rings is 2. The second-order valence-corrected chi connectivity index (χ2v) is 7.60. The molecule has 5 heteroatoms. The van der Waals surface area contributed by atoms with Crippen LogP contribution in [-0.2, 0) is 16.3 Å². The summed E-state index contributed by atoms with van der Waals surface area (Å²) in [6.45, 7) is 0.572. The molecule has 0 fully saturated rings. The lowest BCUT2D eigenvalue weighted by Gasteiger charge is -2.24. The lowest BCUT2D eigenvalue weighted by Crippen LogP contribution is -2.18. The van der Waals surface area contributed by atoms with E-state index in [0.29, 0.717) is 12.5 Å².